The summed E-state index contributed by atoms with van der Waals surface area (Å²) in [5.74, 6) is -0.331. The average Bonchev–Trinajstić information content (AvgIpc) is 3.31. The van der Waals surface area contributed by atoms with E-state index in [0.29, 0.717) is 43.0 Å². The first-order valence-electron chi connectivity index (χ1n) is 19.4. The molecule has 1 spiro atoms. The molecule has 12 heteroatoms. The molecule has 0 N–H and O–H groups in total. The third-order valence-corrected chi connectivity index (χ3v) is 10.9. The largest absolute Gasteiger partial charge is 0.497 e. The van der Waals surface area contributed by atoms with Crippen molar-refractivity contribution >= 4 is 70.5 Å². The van der Waals surface area contributed by atoms with E-state index in [2.05, 4.69) is 36.1 Å². The third kappa shape index (κ3) is 8.30. The molecule has 6 aromatic rings. The maximum atomic E-state index is 13.2. The van der Waals surface area contributed by atoms with E-state index in [-0.39, 0.29) is 33.6 Å². The Hall–Kier alpha value is -7.86. The number of aryl methyl sites for hydroxylation is 2. The van der Waals surface area contributed by atoms with Crippen LogP contribution in [0.5, 0.6) is 23.0 Å². The number of benzene rings is 6. The maximum Gasteiger partial charge on any atom is 0.343 e. The summed E-state index contributed by atoms with van der Waals surface area (Å²) in [7, 11) is 4.07. The van der Waals surface area contributed by atoms with Crippen LogP contribution in [0.2, 0.25) is 0 Å². The van der Waals surface area contributed by atoms with E-state index in [1.54, 1.807) is 25.3 Å². The van der Waals surface area contributed by atoms with Crippen molar-refractivity contribution < 1.29 is 57.2 Å². The van der Waals surface area contributed by atoms with Crippen molar-refractivity contribution in [3.05, 3.63) is 154 Å². The van der Waals surface area contributed by atoms with E-state index in [1.807, 2.05) is 24.3 Å². The smallest absolute Gasteiger partial charge is 0.343 e. The highest BCUT2D eigenvalue weighted by molar-refractivity contribution is 6.02. The molecule has 0 radical (unpaired) electrons. The Labute approximate surface area is 356 Å². The van der Waals surface area contributed by atoms with Gasteiger partial charge in [-0.05, 0) is 129 Å². The standard InChI is InChI=1S/C40H32O8.C10H8O4/c1-5-23-13-31(44-3)15-29-20-36-25(17-33(23)29)9-11-40(47-36)12-10-26-18-34-24(6-2)14-32(16-30(34)21-37(26)48-40)46-38(42)27-7-8-28(22-41)35(19-27)39(43)45-4;1-14-10(13)9-4-7(5-11)2-3-8(9)6-12/h5-8,13-22H,1-2,9-12H2,3-4H3;2-6H,1H3. The van der Waals surface area contributed by atoms with Crippen molar-refractivity contribution in [2.45, 2.75) is 31.5 Å². The summed E-state index contributed by atoms with van der Waals surface area (Å²) in [5, 5.41) is 3.84. The Morgan fingerprint density at radius 3 is 1.60 bits per heavy atom. The van der Waals surface area contributed by atoms with Crippen LogP contribution in [0, 0.1) is 0 Å². The molecule has 0 bridgehead atoms. The Bertz CT molecular complexity index is 2850. The predicted octanol–water partition coefficient (Wildman–Crippen LogP) is 9.25. The van der Waals surface area contributed by atoms with Crippen LogP contribution in [0.15, 0.2) is 98.1 Å². The number of fused-ring (bicyclic) bond motifs is 4. The number of aldehydes is 3. The van der Waals surface area contributed by atoms with E-state index in [4.69, 9.17) is 23.7 Å². The van der Waals surface area contributed by atoms with Gasteiger partial charge in [0.15, 0.2) is 12.6 Å². The molecule has 1 atom stereocenters. The van der Waals surface area contributed by atoms with E-state index in [9.17, 15) is 28.8 Å². The first-order chi connectivity index (χ1) is 30.0. The zero-order valence-electron chi connectivity index (χ0n) is 34.1. The van der Waals surface area contributed by atoms with Crippen LogP contribution >= 0.6 is 0 Å². The fourth-order valence-corrected chi connectivity index (χ4v) is 7.64. The second-order valence-corrected chi connectivity index (χ2v) is 14.5. The second kappa shape index (κ2) is 17.8. The van der Waals surface area contributed by atoms with Crippen molar-refractivity contribution in [1.29, 1.82) is 0 Å². The van der Waals surface area contributed by atoms with Gasteiger partial charge in [0.25, 0.3) is 5.79 Å². The van der Waals surface area contributed by atoms with Crippen LogP contribution < -0.4 is 18.9 Å². The molecule has 0 saturated heterocycles. The molecule has 8 rings (SSSR count). The molecule has 62 heavy (non-hydrogen) atoms. The molecule has 0 saturated carbocycles. The summed E-state index contributed by atoms with van der Waals surface area (Å²) in [6.45, 7) is 7.95. The molecule has 0 fully saturated rings. The van der Waals surface area contributed by atoms with E-state index in [1.165, 1.54) is 50.6 Å². The van der Waals surface area contributed by atoms with Crippen LogP contribution in [0.1, 0.15) is 97.2 Å². The van der Waals surface area contributed by atoms with E-state index >= 15 is 0 Å². The van der Waals surface area contributed by atoms with Crippen molar-refractivity contribution in [1.82, 2.24) is 0 Å². The summed E-state index contributed by atoms with van der Waals surface area (Å²) in [5.41, 5.74) is 4.80. The summed E-state index contributed by atoms with van der Waals surface area (Å²) in [6, 6.07) is 24.0. The zero-order chi connectivity index (χ0) is 44.1. The zero-order valence-corrected chi connectivity index (χ0v) is 34.1. The lowest BCUT2D eigenvalue weighted by atomic mass is 9.89. The average molecular weight is 833 g/mol. The maximum absolute atomic E-state index is 13.2. The minimum Gasteiger partial charge on any atom is -0.497 e. The molecule has 2 aliphatic heterocycles. The highest BCUT2D eigenvalue weighted by Gasteiger charge is 2.42. The Balaban J connectivity index is 0.000000353. The number of methoxy groups -OCH3 is 3. The second-order valence-electron chi connectivity index (χ2n) is 14.5. The summed E-state index contributed by atoms with van der Waals surface area (Å²) in [4.78, 5) is 68.9. The lowest BCUT2D eigenvalue weighted by Crippen LogP contribution is -2.47. The van der Waals surface area contributed by atoms with Crippen molar-refractivity contribution in [3.8, 4) is 23.0 Å². The summed E-state index contributed by atoms with van der Waals surface area (Å²) < 4.78 is 33.8. The topological polar surface area (TPSA) is 158 Å². The number of ether oxygens (including phenoxy) is 6. The third-order valence-electron chi connectivity index (χ3n) is 10.9. The van der Waals surface area contributed by atoms with E-state index in [0.717, 1.165) is 68.1 Å². The Kier molecular flexibility index (Phi) is 12.1. The predicted molar refractivity (Wildman–Crippen MR) is 232 cm³/mol. The van der Waals surface area contributed by atoms with Crippen molar-refractivity contribution in [2.75, 3.05) is 21.3 Å². The molecule has 0 aromatic heterocycles. The Morgan fingerprint density at radius 2 is 1.10 bits per heavy atom. The molecule has 0 aliphatic carbocycles. The van der Waals surface area contributed by atoms with Gasteiger partial charge in [0.05, 0.1) is 38.0 Å². The Morgan fingerprint density at radius 1 is 0.581 bits per heavy atom. The number of carbonyl (C=O) groups is 6. The van der Waals surface area contributed by atoms with E-state index < -0.39 is 23.7 Å². The molecule has 2 aliphatic rings. The van der Waals surface area contributed by atoms with Gasteiger partial charge in [-0.25, -0.2) is 14.4 Å². The molecular weight excluding hydrogens is 793 g/mol. The minimum atomic E-state index is -0.822. The summed E-state index contributed by atoms with van der Waals surface area (Å²) >= 11 is 0. The molecule has 312 valence electrons. The first kappa shape index (κ1) is 42.3. The number of esters is 3. The van der Waals surface area contributed by atoms with Crippen LogP contribution in [0.3, 0.4) is 0 Å². The van der Waals surface area contributed by atoms with Gasteiger partial charge >= 0.3 is 17.9 Å². The van der Waals surface area contributed by atoms with Crippen LogP contribution in [-0.4, -0.2) is 63.9 Å². The van der Waals surface area contributed by atoms with Crippen LogP contribution in [0.25, 0.3) is 33.7 Å². The quantitative estimate of drug-likeness (QED) is 0.0733. The molecular formula is C50H40O12. The molecule has 0 amide bonds. The van der Waals surface area contributed by atoms with Gasteiger partial charge in [-0.2, -0.15) is 0 Å². The van der Waals surface area contributed by atoms with Gasteiger partial charge in [-0.1, -0.05) is 37.4 Å². The van der Waals surface area contributed by atoms with Gasteiger partial charge in [-0.15, -0.1) is 0 Å². The summed E-state index contributed by atoms with van der Waals surface area (Å²) in [6.07, 6.45) is 8.15. The number of hydrogen-bond acceptors (Lipinski definition) is 12. The SMILES string of the molecule is C=Cc1cc(OC)cc2cc3c(cc12)CCC1(CCc2cc4c(C=C)cc(OC(=O)c5ccc(C=O)c(C(=O)OC)c5)cc4cc2O1)O3.COC(=O)c1cc(C=O)ccc1C=O. The monoisotopic (exact) mass is 832 g/mol. The van der Waals surface area contributed by atoms with Crippen LogP contribution in [0.4, 0.5) is 0 Å². The van der Waals surface area contributed by atoms with Crippen molar-refractivity contribution in [2.24, 2.45) is 0 Å². The molecule has 6 aromatic carbocycles. The molecule has 2 heterocycles. The fraction of sp³-hybridized carbons (Fsp3) is 0.160. The van der Waals surface area contributed by atoms with Gasteiger partial charge in [0.2, 0.25) is 0 Å². The minimum absolute atomic E-state index is 0.0214. The molecule has 1 unspecified atom stereocenters. The first-order valence-corrected chi connectivity index (χ1v) is 19.4. The highest BCUT2D eigenvalue weighted by Crippen LogP contribution is 2.45. The highest BCUT2D eigenvalue weighted by atomic mass is 16.7. The molecule has 12 nitrogen and oxygen atoms in total. The number of rotatable bonds is 10. The lowest BCUT2D eigenvalue weighted by molar-refractivity contribution is -0.139. The lowest BCUT2D eigenvalue weighted by Gasteiger charge is -2.42. The number of hydrogen-bond donors (Lipinski definition) is 0. The normalized spacial score (nSPS) is 14.6. The van der Waals surface area contributed by atoms with Gasteiger partial charge in [-0.3, -0.25) is 14.4 Å². The van der Waals surface area contributed by atoms with Gasteiger partial charge < -0.3 is 28.4 Å². The number of carbonyl (C=O) groups excluding carboxylic acids is 6. The van der Waals surface area contributed by atoms with Gasteiger partial charge in [0.1, 0.15) is 29.3 Å². The van der Waals surface area contributed by atoms with Gasteiger partial charge in [0, 0.05) is 29.5 Å². The fourth-order valence-electron chi connectivity index (χ4n) is 7.64. The van der Waals surface area contributed by atoms with Crippen molar-refractivity contribution in [3.63, 3.8) is 0 Å². The van der Waals surface area contributed by atoms with Crippen LogP contribution in [-0.2, 0) is 22.3 Å².